The van der Waals surface area contributed by atoms with Crippen LogP contribution in [0.15, 0.2) is 279 Å². The Hall–Kier alpha value is -14.6. The third-order valence-corrected chi connectivity index (χ3v) is 29.4. The summed E-state index contributed by atoms with van der Waals surface area (Å²) in [5, 5.41) is 59.9. The van der Waals surface area contributed by atoms with Crippen LogP contribution in [0.5, 0.6) is 0 Å². The molecule has 4 unspecified atom stereocenters. The van der Waals surface area contributed by atoms with Gasteiger partial charge in [0.25, 0.3) is 0 Å². The summed E-state index contributed by atoms with van der Waals surface area (Å²) < 4.78 is 7.60. The standard InChI is InChI=1S/C119H90N6/c1-64(2)76-22-28-83-55-110-98(43-89(83)37-76)106-51-96(82-13-11-12-73(36-82)62-121)52-107-101-47-93-41-80(26-32-87(93)59-113(101)124(110)118(106)107)68(7)15-14-66(5)78-24-30-85-57-111-99(45-91(85)39-78)104-49-95(75-20-18-72(61-120)19-21-75)50-105-100-46-92-40-79(25-31-86(92)58-112(100)123(111)117(104)105)67(6)16-17-69(8)81-27-33-88-60-115-103(48-94(88)42-81)109-54-97(116-70(9)34-74(63-122)35-71(116)10)53-108-102-44-90-38-77(65(3)4)23-29-84(90)56-114(102)125(115)119(108)109/h11-13,18-60,64-69H,14-17H2,1-10H3. The van der Waals surface area contributed by atoms with Crippen molar-refractivity contribution in [3.63, 3.8) is 0 Å². The van der Waals surface area contributed by atoms with Crippen LogP contribution >= 0.6 is 0 Å². The molecule has 0 aliphatic heterocycles. The van der Waals surface area contributed by atoms with E-state index in [9.17, 15) is 15.8 Å². The fourth-order valence-electron chi connectivity index (χ4n) is 22.3. The Morgan fingerprint density at radius 2 is 0.504 bits per heavy atom. The average Bonchev–Trinajstić information content (AvgIpc) is 1.54. The molecule has 0 aliphatic carbocycles. The second-order valence-electron chi connectivity index (χ2n) is 37.7. The van der Waals surface area contributed by atoms with Gasteiger partial charge in [-0.25, -0.2) is 0 Å². The van der Waals surface area contributed by atoms with E-state index in [0.717, 1.165) is 59.1 Å². The van der Waals surface area contributed by atoms with Crippen LogP contribution in [0.3, 0.4) is 0 Å². The molecule has 6 heteroatoms. The van der Waals surface area contributed by atoms with Gasteiger partial charge in [-0.05, 0) is 363 Å². The molecule has 0 spiro atoms. The third-order valence-electron chi connectivity index (χ3n) is 29.4. The van der Waals surface area contributed by atoms with Crippen molar-refractivity contribution in [2.24, 2.45) is 0 Å². The van der Waals surface area contributed by atoms with Crippen molar-refractivity contribution in [1.82, 2.24) is 13.2 Å². The highest BCUT2D eigenvalue weighted by molar-refractivity contribution is 6.31. The minimum atomic E-state index is 0.340. The van der Waals surface area contributed by atoms with Gasteiger partial charge in [-0.1, -0.05) is 189 Å². The maximum absolute atomic E-state index is 10.0. The van der Waals surface area contributed by atoms with Crippen LogP contribution in [0, 0.1) is 47.8 Å². The molecule has 0 N–H and O–H groups in total. The second kappa shape index (κ2) is 27.7. The van der Waals surface area contributed by atoms with Crippen molar-refractivity contribution >= 4 is 179 Å². The smallest absolute Gasteiger partial charge is 0.0991 e. The van der Waals surface area contributed by atoms with Gasteiger partial charge in [0.05, 0.1) is 84.5 Å². The fourth-order valence-corrected chi connectivity index (χ4v) is 22.3. The van der Waals surface area contributed by atoms with E-state index in [1.807, 2.05) is 42.5 Å². The lowest BCUT2D eigenvalue weighted by Gasteiger charge is -2.18. The SMILES string of the molecule is Cc1cc(C#N)cc(C)c1-c1cc2c3cc4cc(C(C)C)ccc4cc3n3c4cc5ccc(C(C)CCC(C)c6ccc7cc8c(cc7c6)c6cc(-c7ccc(C#N)cc7)cc7c9cc%10cc(C(C)CCC(C)c%11ccc%12cc%13c(cc%12c%11)c%11cc(-c%12cccc(C#N)c%12)cc%12c%14cc%15cc(C(C)C)ccc%15cc%14n%13c%12%11)ccc%10cc9n8c76)cc5cc4c(c1)c23. The number of hydrogen-bond donors (Lipinski definition) is 0. The average molecular weight is 1600 g/mol. The van der Waals surface area contributed by atoms with E-state index in [-0.39, 0.29) is 0 Å². The molecule has 0 saturated heterocycles. The van der Waals surface area contributed by atoms with Gasteiger partial charge in [0.1, 0.15) is 0 Å². The van der Waals surface area contributed by atoms with Crippen molar-refractivity contribution in [1.29, 1.82) is 15.8 Å². The first-order chi connectivity index (χ1) is 60.8. The molecule has 0 aliphatic rings. The third kappa shape index (κ3) is 11.5. The molecule has 6 aromatic heterocycles. The van der Waals surface area contributed by atoms with Crippen LogP contribution in [0.1, 0.15) is 178 Å². The van der Waals surface area contributed by atoms with Gasteiger partial charge in [-0.2, -0.15) is 15.8 Å². The Morgan fingerprint density at radius 1 is 0.224 bits per heavy atom. The van der Waals surface area contributed by atoms with E-state index in [4.69, 9.17) is 0 Å². The molecular formula is C119H90N6. The maximum Gasteiger partial charge on any atom is 0.0991 e. The van der Waals surface area contributed by atoms with Crippen LogP contribution in [0.2, 0.25) is 0 Å². The van der Waals surface area contributed by atoms with Gasteiger partial charge in [-0.15, -0.1) is 0 Å². The molecule has 24 aromatic rings. The molecular weight excluding hydrogens is 1510 g/mol. The zero-order valence-electron chi connectivity index (χ0n) is 72.0. The van der Waals surface area contributed by atoms with E-state index in [1.54, 1.807) is 0 Å². The number of hydrogen-bond acceptors (Lipinski definition) is 3. The molecule has 596 valence electrons. The van der Waals surface area contributed by atoms with Gasteiger partial charge in [0.2, 0.25) is 0 Å². The summed E-state index contributed by atoms with van der Waals surface area (Å²) in [6.07, 6.45) is 4.22. The minimum absolute atomic E-state index is 0.340. The predicted octanol–water partition coefficient (Wildman–Crippen LogP) is 32.9. The summed E-state index contributed by atoms with van der Waals surface area (Å²) in [7, 11) is 0. The molecule has 0 amide bonds. The number of benzene rings is 18. The van der Waals surface area contributed by atoms with Crippen molar-refractivity contribution in [3.8, 4) is 51.6 Å². The Labute approximate surface area is 725 Å². The van der Waals surface area contributed by atoms with Crippen molar-refractivity contribution < 1.29 is 0 Å². The normalized spacial score (nSPS) is 13.5. The van der Waals surface area contributed by atoms with E-state index < -0.39 is 0 Å². The predicted molar refractivity (Wildman–Crippen MR) is 529 cm³/mol. The van der Waals surface area contributed by atoms with Crippen LogP contribution in [0.25, 0.3) is 212 Å². The Balaban J connectivity index is 0.522. The monoisotopic (exact) mass is 1600 g/mol. The zero-order chi connectivity index (χ0) is 84.5. The summed E-state index contributed by atoms with van der Waals surface area (Å²) in [5.41, 5.74) is 30.2. The van der Waals surface area contributed by atoms with Crippen LogP contribution in [-0.4, -0.2) is 13.2 Å². The van der Waals surface area contributed by atoms with E-state index >= 15 is 0 Å². The zero-order valence-corrected chi connectivity index (χ0v) is 72.0. The van der Waals surface area contributed by atoms with E-state index in [0.29, 0.717) is 52.2 Å². The molecule has 0 saturated carbocycles. The van der Waals surface area contributed by atoms with E-state index in [2.05, 4.69) is 337 Å². The van der Waals surface area contributed by atoms with Gasteiger partial charge < -0.3 is 13.2 Å². The van der Waals surface area contributed by atoms with Crippen LogP contribution in [0.4, 0.5) is 0 Å². The Kier molecular flexibility index (Phi) is 16.5. The number of rotatable bonds is 15. The van der Waals surface area contributed by atoms with Gasteiger partial charge in [0.15, 0.2) is 0 Å². The van der Waals surface area contributed by atoms with Gasteiger partial charge >= 0.3 is 0 Å². The number of aryl methyl sites for hydroxylation is 2. The number of nitriles is 3. The Morgan fingerprint density at radius 3 is 0.800 bits per heavy atom. The number of fused-ring (bicyclic) bond motifs is 24. The molecule has 6 nitrogen and oxygen atoms in total. The molecule has 0 radical (unpaired) electrons. The summed E-state index contributed by atoms with van der Waals surface area (Å²) in [4.78, 5) is 0. The maximum atomic E-state index is 10.0. The molecule has 6 heterocycles. The van der Waals surface area contributed by atoms with Crippen molar-refractivity contribution in [3.05, 3.63) is 340 Å². The second-order valence-corrected chi connectivity index (χ2v) is 37.7. The number of aromatic nitrogens is 3. The first kappa shape index (κ1) is 74.2. The molecule has 18 aromatic carbocycles. The summed E-state index contributed by atoms with van der Waals surface area (Å²) >= 11 is 0. The largest absolute Gasteiger partial charge is 0.308 e. The van der Waals surface area contributed by atoms with Crippen LogP contribution < -0.4 is 0 Å². The van der Waals surface area contributed by atoms with Crippen molar-refractivity contribution in [2.75, 3.05) is 0 Å². The summed E-state index contributed by atoms with van der Waals surface area (Å²) in [6.45, 7) is 23.0. The molecule has 4 atom stereocenters. The number of nitrogens with zero attached hydrogens (tertiary/aromatic N) is 6. The molecule has 125 heavy (non-hydrogen) atoms. The van der Waals surface area contributed by atoms with Crippen LogP contribution in [-0.2, 0) is 0 Å². The Bertz CT molecular complexity index is 8900. The lowest BCUT2D eigenvalue weighted by atomic mass is 9.87. The first-order valence-electron chi connectivity index (χ1n) is 44.8. The molecule has 0 fully saturated rings. The highest BCUT2D eigenvalue weighted by Gasteiger charge is 2.28. The lowest BCUT2D eigenvalue weighted by molar-refractivity contribution is 0.574. The van der Waals surface area contributed by atoms with Crippen molar-refractivity contribution in [2.45, 2.75) is 130 Å². The van der Waals surface area contributed by atoms with E-state index in [1.165, 1.54) is 223 Å². The topological polar surface area (TPSA) is 84.6 Å². The van der Waals surface area contributed by atoms with Gasteiger partial charge in [0, 0.05) is 64.6 Å². The lowest BCUT2D eigenvalue weighted by Crippen LogP contribution is -1.99. The highest BCUT2D eigenvalue weighted by Crippen LogP contribution is 2.51. The summed E-state index contributed by atoms with van der Waals surface area (Å²) in [5.74, 6) is 2.25. The molecule has 24 rings (SSSR count). The first-order valence-corrected chi connectivity index (χ1v) is 44.8. The quantitative estimate of drug-likeness (QED) is 0.102. The molecule has 0 bridgehead atoms. The van der Waals surface area contributed by atoms with Gasteiger partial charge in [-0.3, -0.25) is 0 Å². The summed E-state index contributed by atoms with van der Waals surface area (Å²) in [6, 6.07) is 114. The highest BCUT2D eigenvalue weighted by atomic mass is 14.9. The fraction of sp³-hybridized carbons (Fsp3) is 0.168. The minimum Gasteiger partial charge on any atom is -0.308 e.